The molecule has 3 aromatic carbocycles. The van der Waals surface area contributed by atoms with Gasteiger partial charge in [-0.25, -0.2) is 8.91 Å². The van der Waals surface area contributed by atoms with Crippen molar-refractivity contribution in [3.05, 3.63) is 108 Å². The van der Waals surface area contributed by atoms with Gasteiger partial charge in [0, 0.05) is 43.3 Å². The number of pyridine rings is 1. The summed E-state index contributed by atoms with van der Waals surface area (Å²) in [6.07, 6.45) is -2.37. The van der Waals surface area contributed by atoms with Gasteiger partial charge in [-0.2, -0.15) is 18.2 Å². The van der Waals surface area contributed by atoms with Gasteiger partial charge in [0.1, 0.15) is 17.3 Å². The van der Waals surface area contributed by atoms with E-state index < -0.39 is 18.7 Å². The zero-order valence-corrected chi connectivity index (χ0v) is 25.6. The van der Waals surface area contributed by atoms with E-state index in [-0.39, 0.29) is 47.4 Å². The van der Waals surface area contributed by atoms with E-state index in [0.717, 1.165) is 22.3 Å². The number of alkyl halides is 3. The summed E-state index contributed by atoms with van der Waals surface area (Å²) in [5, 5.41) is 10.1. The van der Waals surface area contributed by atoms with E-state index in [1.54, 1.807) is 24.4 Å². The third-order valence-electron chi connectivity index (χ3n) is 7.06. The van der Waals surface area contributed by atoms with Crippen LogP contribution in [0.1, 0.15) is 21.5 Å². The van der Waals surface area contributed by atoms with Gasteiger partial charge in [0.2, 0.25) is 5.95 Å². The SMILES string of the molecule is CN(C)CCNC(=O)c1ccc(Nc2nc3ccc(-c4ccc(CC(=O)Cc5ccc(F)cc5)cc4)cn3n2)c(OCC(F)(F)F)c1. The zero-order valence-electron chi connectivity index (χ0n) is 25.6. The summed E-state index contributed by atoms with van der Waals surface area (Å²) in [7, 11) is 3.71. The maximum Gasteiger partial charge on any atom is 0.422 e. The number of hydrogen-bond acceptors (Lipinski definition) is 7. The Balaban J connectivity index is 1.28. The summed E-state index contributed by atoms with van der Waals surface area (Å²) in [6, 6.07) is 21.1. The lowest BCUT2D eigenvalue weighted by Crippen LogP contribution is -2.31. The maximum atomic E-state index is 13.1. The predicted molar refractivity (Wildman–Crippen MR) is 169 cm³/mol. The molecule has 0 aliphatic heterocycles. The number of ketones is 1. The second kappa shape index (κ2) is 14.4. The molecular formula is C34H32F4N6O3. The van der Waals surface area contributed by atoms with Crippen LogP contribution in [0, 0.1) is 5.82 Å². The highest BCUT2D eigenvalue weighted by Gasteiger charge is 2.29. The van der Waals surface area contributed by atoms with Gasteiger partial charge in [-0.15, -0.1) is 5.10 Å². The number of nitrogens with one attached hydrogen (secondary N) is 2. The first-order valence-electron chi connectivity index (χ1n) is 14.7. The molecule has 244 valence electrons. The van der Waals surface area contributed by atoms with Crippen molar-refractivity contribution in [1.29, 1.82) is 0 Å². The Morgan fingerprint density at radius 3 is 2.21 bits per heavy atom. The lowest BCUT2D eigenvalue weighted by atomic mass is 10.0. The molecule has 47 heavy (non-hydrogen) atoms. The highest BCUT2D eigenvalue weighted by Crippen LogP contribution is 2.30. The van der Waals surface area contributed by atoms with E-state index in [1.807, 2.05) is 49.3 Å². The van der Waals surface area contributed by atoms with Gasteiger partial charge in [0.25, 0.3) is 5.91 Å². The topological polar surface area (TPSA) is 101 Å². The van der Waals surface area contributed by atoms with Gasteiger partial charge in [-0.3, -0.25) is 9.59 Å². The number of halogens is 4. The summed E-state index contributed by atoms with van der Waals surface area (Å²) < 4.78 is 58.7. The van der Waals surface area contributed by atoms with Crippen LogP contribution in [0.5, 0.6) is 5.75 Å². The molecular weight excluding hydrogens is 616 g/mol. The molecule has 9 nitrogen and oxygen atoms in total. The number of ether oxygens (including phenoxy) is 1. The van der Waals surface area contributed by atoms with Crippen molar-refractivity contribution in [2.24, 2.45) is 0 Å². The molecule has 0 saturated heterocycles. The molecule has 2 heterocycles. The first-order valence-corrected chi connectivity index (χ1v) is 14.7. The number of Topliss-reactive ketones (excluding diaryl/α,β-unsaturated/α-hetero) is 1. The Labute approximate surface area is 268 Å². The summed E-state index contributed by atoms with van der Waals surface area (Å²) in [4.78, 5) is 31.4. The Morgan fingerprint density at radius 2 is 1.55 bits per heavy atom. The number of carbonyl (C=O) groups is 2. The number of hydrogen-bond donors (Lipinski definition) is 2. The third-order valence-corrected chi connectivity index (χ3v) is 7.06. The molecule has 5 rings (SSSR count). The number of carbonyl (C=O) groups excluding carboxylic acids is 2. The van der Waals surface area contributed by atoms with Crippen LogP contribution in [0.2, 0.25) is 0 Å². The van der Waals surface area contributed by atoms with Gasteiger partial charge in [-0.05, 0) is 73.3 Å². The smallest absolute Gasteiger partial charge is 0.422 e. The van der Waals surface area contributed by atoms with Crippen molar-refractivity contribution in [3.8, 4) is 16.9 Å². The van der Waals surface area contributed by atoms with Gasteiger partial charge >= 0.3 is 6.18 Å². The van der Waals surface area contributed by atoms with E-state index in [0.29, 0.717) is 18.7 Å². The number of anilines is 2. The Hall–Kier alpha value is -5.30. The largest absolute Gasteiger partial charge is 0.482 e. The first-order chi connectivity index (χ1) is 22.4. The fourth-order valence-electron chi connectivity index (χ4n) is 4.70. The highest BCUT2D eigenvalue weighted by atomic mass is 19.4. The second-order valence-corrected chi connectivity index (χ2v) is 11.2. The molecule has 2 aromatic heterocycles. The molecule has 0 spiro atoms. The standard InChI is InChI=1S/C34H32F4N6O3/c1-43(2)16-15-39-32(46)25-9-13-29(30(19-25)47-21-34(36,37)38)40-33-41-31-14-10-26(20-44(31)42-33)24-7-3-22(4-8-24)17-28(45)18-23-5-11-27(35)12-6-23/h3-14,19-20H,15-18,21H2,1-2H3,(H,39,46)(H,40,42). The molecule has 0 radical (unpaired) electrons. The summed E-state index contributed by atoms with van der Waals surface area (Å²) in [6.45, 7) is -0.590. The minimum absolute atomic E-state index is 0.0123. The summed E-state index contributed by atoms with van der Waals surface area (Å²) >= 11 is 0. The minimum atomic E-state index is -4.59. The monoisotopic (exact) mass is 648 g/mol. The second-order valence-electron chi connectivity index (χ2n) is 11.2. The molecule has 0 atom stereocenters. The maximum absolute atomic E-state index is 13.1. The van der Waals surface area contributed by atoms with Gasteiger partial charge in [0.05, 0.1) is 5.69 Å². The van der Waals surface area contributed by atoms with Crippen LogP contribution < -0.4 is 15.4 Å². The normalized spacial score (nSPS) is 11.6. The molecule has 0 fully saturated rings. The lowest BCUT2D eigenvalue weighted by molar-refractivity contribution is -0.153. The molecule has 0 aliphatic rings. The number of aromatic nitrogens is 3. The van der Waals surface area contributed by atoms with E-state index in [2.05, 4.69) is 20.7 Å². The Kier molecular flexibility index (Phi) is 10.1. The number of amides is 1. The number of fused-ring (bicyclic) bond motifs is 1. The van der Waals surface area contributed by atoms with Crippen LogP contribution >= 0.6 is 0 Å². The fourth-order valence-corrected chi connectivity index (χ4v) is 4.70. The zero-order chi connectivity index (χ0) is 33.6. The van der Waals surface area contributed by atoms with Crippen LogP contribution in [-0.2, 0) is 17.6 Å². The number of benzene rings is 3. The van der Waals surface area contributed by atoms with Gasteiger partial charge in [-0.1, -0.05) is 36.4 Å². The molecule has 2 N–H and O–H groups in total. The van der Waals surface area contributed by atoms with E-state index >= 15 is 0 Å². The van der Waals surface area contributed by atoms with Crippen LogP contribution in [0.3, 0.4) is 0 Å². The molecule has 0 saturated carbocycles. The first kappa shape index (κ1) is 33.1. The molecule has 0 unspecified atom stereocenters. The van der Waals surface area contributed by atoms with Crippen molar-refractivity contribution in [2.75, 3.05) is 39.1 Å². The molecule has 5 aromatic rings. The lowest BCUT2D eigenvalue weighted by Gasteiger charge is -2.15. The van der Waals surface area contributed by atoms with Gasteiger partial charge < -0.3 is 20.3 Å². The quantitative estimate of drug-likeness (QED) is 0.154. The van der Waals surface area contributed by atoms with Crippen LogP contribution in [0.4, 0.5) is 29.2 Å². The Morgan fingerprint density at radius 1 is 0.894 bits per heavy atom. The number of nitrogens with zero attached hydrogens (tertiary/aromatic N) is 4. The average Bonchev–Trinajstić information content (AvgIpc) is 3.43. The van der Waals surface area contributed by atoms with Crippen LogP contribution in [0.25, 0.3) is 16.8 Å². The molecule has 13 heteroatoms. The van der Waals surface area contributed by atoms with E-state index in [1.165, 1.54) is 34.8 Å². The average molecular weight is 649 g/mol. The van der Waals surface area contributed by atoms with Crippen molar-refractivity contribution >= 4 is 29.0 Å². The Bertz CT molecular complexity index is 1860. The molecule has 1 amide bonds. The highest BCUT2D eigenvalue weighted by molar-refractivity contribution is 5.95. The van der Waals surface area contributed by atoms with Crippen LogP contribution in [-0.4, -0.2) is 71.2 Å². The van der Waals surface area contributed by atoms with E-state index in [9.17, 15) is 27.2 Å². The minimum Gasteiger partial charge on any atom is -0.482 e. The van der Waals surface area contributed by atoms with Crippen LogP contribution in [0.15, 0.2) is 85.1 Å². The summed E-state index contributed by atoms with van der Waals surface area (Å²) in [5.41, 5.74) is 4.06. The third kappa shape index (κ3) is 9.36. The fraction of sp³-hybridized carbons (Fsp3) is 0.235. The van der Waals surface area contributed by atoms with Gasteiger partial charge in [0.15, 0.2) is 12.3 Å². The number of rotatable bonds is 13. The van der Waals surface area contributed by atoms with Crippen molar-refractivity contribution in [2.45, 2.75) is 19.0 Å². The summed E-state index contributed by atoms with van der Waals surface area (Å²) in [5.74, 6) is -0.854. The van der Waals surface area contributed by atoms with Crippen molar-refractivity contribution in [3.63, 3.8) is 0 Å². The van der Waals surface area contributed by atoms with Crippen molar-refractivity contribution < 1.29 is 31.9 Å². The molecule has 0 bridgehead atoms. The van der Waals surface area contributed by atoms with E-state index in [4.69, 9.17) is 4.74 Å². The van der Waals surface area contributed by atoms with Crippen molar-refractivity contribution in [1.82, 2.24) is 24.8 Å². The number of likely N-dealkylation sites (N-methyl/N-ethyl adjacent to an activating group) is 1. The molecule has 0 aliphatic carbocycles. The predicted octanol–water partition coefficient (Wildman–Crippen LogP) is 5.87.